The second kappa shape index (κ2) is 6.53. The Morgan fingerprint density at radius 1 is 1.19 bits per heavy atom. The predicted octanol–water partition coefficient (Wildman–Crippen LogP) is 2.07. The molecular formula is C13H12N2O4S2. The number of benzene rings is 1. The number of nitrogens with one attached hydrogen (secondary N) is 2. The van der Waals surface area contributed by atoms with Gasteiger partial charge in [0.05, 0.1) is 0 Å². The number of anilines is 1. The van der Waals surface area contributed by atoms with Gasteiger partial charge < -0.3 is 0 Å². The lowest BCUT2D eigenvalue weighted by atomic mass is 10.2. The first-order chi connectivity index (χ1) is 10.0. The highest BCUT2D eigenvalue weighted by atomic mass is 32.2. The van der Waals surface area contributed by atoms with Crippen LogP contribution in [0.15, 0.2) is 52.1 Å². The molecular weight excluding hydrogens is 312 g/mol. The van der Waals surface area contributed by atoms with Crippen molar-refractivity contribution < 1.29 is 18.4 Å². The van der Waals surface area contributed by atoms with Crippen LogP contribution in [0.3, 0.4) is 0 Å². The highest BCUT2D eigenvalue weighted by Gasteiger charge is 2.14. The molecule has 0 spiro atoms. The number of sulfonamides is 1. The van der Waals surface area contributed by atoms with Crippen molar-refractivity contribution in [3.63, 3.8) is 0 Å². The molecule has 0 aliphatic heterocycles. The molecule has 3 N–H and O–H groups in total. The van der Waals surface area contributed by atoms with E-state index in [0.29, 0.717) is 11.3 Å². The largest absolute Gasteiger partial charge is 0.288 e. The first kappa shape index (κ1) is 15.2. The average Bonchev–Trinajstić information content (AvgIpc) is 3.01. The number of rotatable bonds is 5. The first-order valence-electron chi connectivity index (χ1n) is 5.80. The normalized spacial score (nSPS) is 11.5. The second-order valence-corrected chi connectivity index (χ2v) is 6.83. The van der Waals surface area contributed by atoms with Gasteiger partial charge in [-0.25, -0.2) is 13.9 Å². The molecule has 6 nitrogen and oxygen atoms in total. The third-order valence-corrected chi connectivity index (χ3v) is 5.24. The quantitative estimate of drug-likeness (QED) is 0.446. The van der Waals surface area contributed by atoms with Crippen molar-refractivity contribution in [2.45, 2.75) is 4.21 Å². The third-order valence-electron chi connectivity index (χ3n) is 2.46. The van der Waals surface area contributed by atoms with E-state index in [2.05, 4.69) is 4.72 Å². The van der Waals surface area contributed by atoms with Gasteiger partial charge in [-0.1, -0.05) is 18.2 Å². The summed E-state index contributed by atoms with van der Waals surface area (Å²) in [6.45, 7) is 0. The maximum absolute atomic E-state index is 12.0. The summed E-state index contributed by atoms with van der Waals surface area (Å²) in [5, 5.41) is 10.0. The van der Waals surface area contributed by atoms with Crippen molar-refractivity contribution in [1.82, 2.24) is 5.48 Å². The maximum Gasteiger partial charge on any atom is 0.271 e. The predicted molar refractivity (Wildman–Crippen MR) is 80.5 cm³/mol. The van der Waals surface area contributed by atoms with Crippen molar-refractivity contribution in [3.8, 4) is 0 Å². The van der Waals surface area contributed by atoms with E-state index in [9.17, 15) is 13.2 Å². The Balaban J connectivity index is 2.10. The van der Waals surface area contributed by atoms with Crippen LogP contribution in [0, 0.1) is 0 Å². The van der Waals surface area contributed by atoms with Crippen LogP contribution in [-0.4, -0.2) is 19.5 Å². The zero-order valence-corrected chi connectivity index (χ0v) is 12.3. The summed E-state index contributed by atoms with van der Waals surface area (Å²) in [6, 6.07) is 9.65. The maximum atomic E-state index is 12.0. The number of thiophene rings is 1. The Kier molecular flexibility index (Phi) is 4.73. The summed E-state index contributed by atoms with van der Waals surface area (Å²) >= 11 is 1.14. The van der Waals surface area contributed by atoms with Gasteiger partial charge in [-0.3, -0.25) is 14.7 Å². The van der Waals surface area contributed by atoms with Crippen LogP contribution in [0.25, 0.3) is 6.08 Å². The summed E-state index contributed by atoms with van der Waals surface area (Å²) in [7, 11) is -3.56. The summed E-state index contributed by atoms with van der Waals surface area (Å²) in [5.74, 6) is -0.641. The molecule has 0 aliphatic rings. The molecule has 0 radical (unpaired) electrons. The van der Waals surface area contributed by atoms with Gasteiger partial charge in [0.1, 0.15) is 4.21 Å². The lowest BCUT2D eigenvalue weighted by molar-refractivity contribution is -0.124. The van der Waals surface area contributed by atoms with Crippen molar-refractivity contribution in [1.29, 1.82) is 0 Å². The van der Waals surface area contributed by atoms with E-state index in [4.69, 9.17) is 5.21 Å². The molecule has 0 fully saturated rings. The number of hydrogen-bond acceptors (Lipinski definition) is 5. The van der Waals surface area contributed by atoms with E-state index in [0.717, 1.165) is 17.4 Å². The summed E-state index contributed by atoms with van der Waals surface area (Å²) in [6.07, 6.45) is 2.65. The molecule has 0 bridgehead atoms. The molecule has 21 heavy (non-hydrogen) atoms. The van der Waals surface area contributed by atoms with E-state index in [1.165, 1.54) is 17.6 Å². The SMILES string of the molecule is O=C(C=Cc1ccc(NS(=O)(=O)c2cccs2)cc1)NO. The molecule has 0 saturated carbocycles. The van der Waals surface area contributed by atoms with E-state index >= 15 is 0 Å². The van der Waals surface area contributed by atoms with Crippen LogP contribution in [0.1, 0.15) is 5.56 Å². The Bertz CT molecular complexity index is 735. The fourth-order valence-corrected chi connectivity index (χ4v) is 3.54. The minimum absolute atomic E-state index is 0.242. The van der Waals surface area contributed by atoms with Gasteiger partial charge in [-0.15, -0.1) is 11.3 Å². The van der Waals surface area contributed by atoms with Crippen LogP contribution >= 0.6 is 11.3 Å². The summed E-state index contributed by atoms with van der Waals surface area (Å²) in [4.78, 5) is 10.8. The van der Waals surface area contributed by atoms with Gasteiger partial charge in [0.25, 0.3) is 15.9 Å². The molecule has 0 aliphatic carbocycles. The topological polar surface area (TPSA) is 95.5 Å². The molecule has 1 amide bonds. The number of amides is 1. The van der Waals surface area contributed by atoms with Crippen LogP contribution in [0.2, 0.25) is 0 Å². The number of carbonyl (C=O) groups excluding carboxylic acids is 1. The van der Waals surface area contributed by atoms with Gasteiger partial charge >= 0.3 is 0 Å². The average molecular weight is 324 g/mol. The van der Waals surface area contributed by atoms with Crippen molar-refractivity contribution in [2.24, 2.45) is 0 Å². The van der Waals surface area contributed by atoms with Gasteiger partial charge in [0, 0.05) is 11.8 Å². The molecule has 0 saturated heterocycles. The van der Waals surface area contributed by atoms with Crippen molar-refractivity contribution in [2.75, 3.05) is 4.72 Å². The fraction of sp³-hybridized carbons (Fsp3) is 0. The highest BCUT2D eigenvalue weighted by molar-refractivity contribution is 7.94. The van der Waals surface area contributed by atoms with Crippen LogP contribution in [-0.2, 0) is 14.8 Å². The molecule has 2 rings (SSSR count). The summed E-state index contributed by atoms with van der Waals surface area (Å²) < 4.78 is 26.7. The second-order valence-electron chi connectivity index (χ2n) is 3.97. The van der Waals surface area contributed by atoms with Crippen molar-refractivity contribution >= 4 is 39.0 Å². The zero-order chi connectivity index (χ0) is 15.3. The Hall–Kier alpha value is -2.16. The molecule has 0 atom stereocenters. The van der Waals surface area contributed by atoms with Crippen molar-refractivity contribution in [3.05, 3.63) is 53.4 Å². The number of carbonyl (C=O) groups is 1. The minimum atomic E-state index is -3.56. The van der Waals surface area contributed by atoms with Gasteiger partial charge in [-0.05, 0) is 35.2 Å². The fourth-order valence-electron chi connectivity index (χ4n) is 1.49. The van der Waals surface area contributed by atoms with E-state index < -0.39 is 15.9 Å². The molecule has 1 aromatic heterocycles. The Morgan fingerprint density at radius 3 is 2.48 bits per heavy atom. The molecule has 0 unspecified atom stereocenters. The van der Waals surface area contributed by atoms with E-state index in [1.54, 1.807) is 35.7 Å². The zero-order valence-electron chi connectivity index (χ0n) is 10.7. The van der Waals surface area contributed by atoms with Gasteiger partial charge in [-0.2, -0.15) is 0 Å². The lowest BCUT2D eigenvalue weighted by Crippen LogP contribution is -2.14. The third kappa shape index (κ3) is 4.15. The molecule has 2 aromatic rings. The molecule has 1 heterocycles. The number of hydroxylamine groups is 1. The summed E-state index contributed by atoms with van der Waals surface area (Å²) in [5.41, 5.74) is 2.59. The molecule has 1 aromatic carbocycles. The van der Waals surface area contributed by atoms with E-state index in [-0.39, 0.29) is 4.21 Å². The van der Waals surface area contributed by atoms with Crippen LogP contribution < -0.4 is 10.2 Å². The minimum Gasteiger partial charge on any atom is -0.288 e. The molecule has 8 heteroatoms. The molecule has 110 valence electrons. The first-order valence-corrected chi connectivity index (χ1v) is 8.16. The van der Waals surface area contributed by atoms with Crippen LogP contribution in [0.4, 0.5) is 5.69 Å². The monoisotopic (exact) mass is 324 g/mol. The highest BCUT2D eigenvalue weighted by Crippen LogP contribution is 2.20. The standard InChI is InChI=1S/C13H12N2O4S2/c16-12(14-17)8-5-10-3-6-11(7-4-10)15-21(18,19)13-2-1-9-20-13/h1-9,15,17H,(H,14,16). The smallest absolute Gasteiger partial charge is 0.271 e. The Labute approximate surface area is 125 Å². The van der Waals surface area contributed by atoms with E-state index in [1.807, 2.05) is 0 Å². The van der Waals surface area contributed by atoms with Crippen LogP contribution in [0.5, 0.6) is 0 Å². The lowest BCUT2D eigenvalue weighted by Gasteiger charge is -2.06. The van der Waals surface area contributed by atoms with Gasteiger partial charge in [0.15, 0.2) is 0 Å². The number of hydrogen-bond donors (Lipinski definition) is 3. The van der Waals surface area contributed by atoms with Gasteiger partial charge in [0.2, 0.25) is 0 Å². The Morgan fingerprint density at radius 2 is 1.90 bits per heavy atom.